The smallest absolute Gasteiger partial charge is 0.314 e. The van der Waals surface area contributed by atoms with Gasteiger partial charge in [-0.2, -0.15) is 0 Å². The molecule has 2 rings (SSSR count). The number of carbonyl (C=O) groups excluding carboxylic acids is 1. The van der Waals surface area contributed by atoms with Gasteiger partial charge in [-0.25, -0.2) is 0 Å². The first-order valence-corrected chi connectivity index (χ1v) is 4.90. The molecule has 1 fully saturated rings. The van der Waals surface area contributed by atoms with Crippen molar-refractivity contribution in [1.29, 1.82) is 0 Å². The molecule has 0 radical (unpaired) electrons. The van der Waals surface area contributed by atoms with Gasteiger partial charge in [0.2, 0.25) is 0 Å². The molecule has 3 nitrogen and oxygen atoms in total. The third kappa shape index (κ3) is 1.44. The van der Waals surface area contributed by atoms with Crippen LogP contribution >= 0.6 is 0 Å². The first-order valence-electron chi connectivity index (χ1n) is 4.90. The van der Waals surface area contributed by atoms with Gasteiger partial charge in [0.1, 0.15) is 6.29 Å². The minimum absolute atomic E-state index is 0.509. The molecule has 0 spiro atoms. The van der Waals surface area contributed by atoms with Crippen LogP contribution in [-0.4, -0.2) is 17.4 Å². The molecule has 1 aromatic carbocycles. The van der Waals surface area contributed by atoms with Gasteiger partial charge in [-0.05, 0) is 31.4 Å². The summed E-state index contributed by atoms with van der Waals surface area (Å²) in [4.78, 5) is 22.0. The molecule has 15 heavy (non-hydrogen) atoms. The van der Waals surface area contributed by atoms with Gasteiger partial charge in [-0.1, -0.05) is 17.7 Å². The second-order valence-corrected chi connectivity index (χ2v) is 4.10. The highest BCUT2D eigenvalue weighted by Gasteiger charge is 2.52. The van der Waals surface area contributed by atoms with Crippen LogP contribution in [0.2, 0.25) is 0 Å². The molecule has 1 aliphatic carbocycles. The lowest BCUT2D eigenvalue weighted by molar-refractivity contribution is -0.140. The number of aryl methyl sites for hydroxylation is 1. The Morgan fingerprint density at radius 3 is 2.60 bits per heavy atom. The highest BCUT2D eigenvalue weighted by atomic mass is 16.4. The summed E-state index contributed by atoms with van der Waals surface area (Å²) in [5.74, 6) is -0.825. The Morgan fingerprint density at radius 1 is 1.47 bits per heavy atom. The molecule has 78 valence electrons. The fourth-order valence-electron chi connectivity index (χ4n) is 1.94. The Morgan fingerprint density at radius 2 is 2.13 bits per heavy atom. The van der Waals surface area contributed by atoms with Crippen LogP contribution in [0.1, 0.15) is 34.3 Å². The first-order chi connectivity index (χ1) is 7.10. The van der Waals surface area contributed by atoms with Crippen molar-refractivity contribution in [2.24, 2.45) is 0 Å². The van der Waals surface area contributed by atoms with Gasteiger partial charge >= 0.3 is 5.97 Å². The van der Waals surface area contributed by atoms with E-state index in [0.29, 0.717) is 24.0 Å². The molecule has 0 atom stereocenters. The molecule has 0 aliphatic heterocycles. The van der Waals surface area contributed by atoms with Crippen molar-refractivity contribution >= 4 is 12.3 Å². The highest BCUT2D eigenvalue weighted by Crippen LogP contribution is 2.49. The summed E-state index contributed by atoms with van der Waals surface area (Å²) in [5, 5.41) is 9.13. The second kappa shape index (κ2) is 3.19. The zero-order valence-electron chi connectivity index (χ0n) is 8.49. The molecule has 3 heteroatoms. The van der Waals surface area contributed by atoms with E-state index >= 15 is 0 Å². The van der Waals surface area contributed by atoms with E-state index in [1.165, 1.54) is 0 Å². The molecule has 0 amide bonds. The minimum atomic E-state index is -0.825. The standard InChI is InChI=1S/C12H12O3/c1-8-2-3-10(9(6-8)7-13)12(4-5-12)11(14)15/h2-3,6-7H,4-5H2,1H3,(H,14,15). The maximum absolute atomic E-state index is 11.1. The molecule has 0 bridgehead atoms. The zero-order valence-corrected chi connectivity index (χ0v) is 8.49. The average Bonchev–Trinajstić information content (AvgIpc) is 2.98. The van der Waals surface area contributed by atoms with Gasteiger partial charge in [0.05, 0.1) is 5.41 Å². The molecule has 0 heterocycles. The number of hydrogen-bond acceptors (Lipinski definition) is 2. The van der Waals surface area contributed by atoms with Crippen LogP contribution in [0.25, 0.3) is 0 Å². The summed E-state index contributed by atoms with van der Waals surface area (Å²) in [7, 11) is 0. The summed E-state index contributed by atoms with van der Waals surface area (Å²) in [6, 6.07) is 5.36. The molecule has 0 aromatic heterocycles. The highest BCUT2D eigenvalue weighted by molar-refractivity contribution is 5.90. The van der Waals surface area contributed by atoms with Crippen LogP contribution < -0.4 is 0 Å². The molecular formula is C12H12O3. The minimum Gasteiger partial charge on any atom is -0.481 e. The SMILES string of the molecule is Cc1ccc(C2(C(=O)O)CC2)c(C=O)c1. The number of rotatable bonds is 3. The second-order valence-electron chi connectivity index (χ2n) is 4.10. The fourth-order valence-corrected chi connectivity index (χ4v) is 1.94. The van der Waals surface area contributed by atoms with Crippen molar-refractivity contribution in [2.75, 3.05) is 0 Å². The van der Waals surface area contributed by atoms with Crippen molar-refractivity contribution in [3.8, 4) is 0 Å². The van der Waals surface area contributed by atoms with E-state index in [9.17, 15) is 9.59 Å². The normalized spacial score (nSPS) is 17.1. The summed E-state index contributed by atoms with van der Waals surface area (Å²) >= 11 is 0. The predicted octanol–water partition coefficient (Wildman–Crippen LogP) is 1.92. The lowest BCUT2D eigenvalue weighted by atomic mass is 9.91. The molecule has 0 saturated heterocycles. The van der Waals surface area contributed by atoms with Crippen LogP contribution in [0.15, 0.2) is 18.2 Å². The summed E-state index contributed by atoms with van der Waals surface area (Å²) < 4.78 is 0. The number of carboxylic acid groups (broad SMARTS) is 1. The largest absolute Gasteiger partial charge is 0.481 e. The van der Waals surface area contributed by atoms with Crippen molar-refractivity contribution in [3.63, 3.8) is 0 Å². The Bertz CT molecular complexity index is 430. The summed E-state index contributed by atoms with van der Waals surface area (Å²) in [5.41, 5.74) is 1.36. The van der Waals surface area contributed by atoms with Gasteiger partial charge in [0.15, 0.2) is 0 Å². The number of aldehydes is 1. The molecule has 1 N–H and O–H groups in total. The Kier molecular flexibility index (Phi) is 2.11. The predicted molar refractivity (Wildman–Crippen MR) is 55.1 cm³/mol. The van der Waals surface area contributed by atoms with E-state index in [4.69, 9.17) is 5.11 Å². The van der Waals surface area contributed by atoms with E-state index < -0.39 is 11.4 Å². The quantitative estimate of drug-likeness (QED) is 0.765. The van der Waals surface area contributed by atoms with Crippen LogP contribution in [0.5, 0.6) is 0 Å². The van der Waals surface area contributed by atoms with Gasteiger partial charge in [0.25, 0.3) is 0 Å². The maximum atomic E-state index is 11.1. The fraction of sp³-hybridized carbons (Fsp3) is 0.333. The molecular weight excluding hydrogens is 192 g/mol. The van der Waals surface area contributed by atoms with Crippen molar-refractivity contribution < 1.29 is 14.7 Å². The van der Waals surface area contributed by atoms with Crippen LogP contribution in [0.3, 0.4) is 0 Å². The van der Waals surface area contributed by atoms with Gasteiger partial charge in [0, 0.05) is 5.56 Å². The zero-order chi connectivity index (χ0) is 11.1. The van der Waals surface area contributed by atoms with Crippen molar-refractivity contribution in [1.82, 2.24) is 0 Å². The van der Waals surface area contributed by atoms with Crippen LogP contribution in [0.4, 0.5) is 0 Å². The van der Waals surface area contributed by atoms with E-state index in [1.54, 1.807) is 12.1 Å². The third-order valence-corrected chi connectivity index (χ3v) is 3.01. The van der Waals surface area contributed by atoms with Crippen molar-refractivity contribution in [2.45, 2.75) is 25.2 Å². The van der Waals surface area contributed by atoms with Crippen LogP contribution in [0, 0.1) is 6.92 Å². The van der Waals surface area contributed by atoms with Gasteiger partial charge in [-0.3, -0.25) is 9.59 Å². The number of aliphatic carboxylic acids is 1. The monoisotopic (exact) mass is 204 g/mol. The van der Waals surface area contributed by atoms with Gasteiger partial charge < -0.3 is 5.11 Å². The molecule has 1 aliphatic rings. The lowest BCUT2D eigenvalue weighted by Gasteiger charge is -2.12. The van der Waals surface area contributed by atoms with E-state index in [1.807, 2.05) is 13.0 Å². The van der Waals surface area contributed by atoms with E-state index in [0.717, 1.165) is 11.8 Å². The molecule has 1 aromatic rings. The number of benzene rings is 1. The van der Waals surface area contributed by atoms with Crippen LogP contribution in [-0.2, 0) is 10.2 Å². The number of hydrogen-bond donors (Lipinski definition) is 1. The Balaban J connectivity index is 2.53. The number of carbonyl (C=O) groups is 2. The van der Waals surface area contributed by atoms with Crippen molar-refractivity contribution in [3.05, 3.63) is 34.9 Å². The average molecular weight is 204 g/mol. The van der Waals surface area contributed by atoms with E-state index in [2.05, 4.69) is 0 Å². The summed E-state index contributed by atoms with van der Waals surface area (Å²) in [6.07, 6.45) is 2.00. The topological polar surface area (TPSA) is 54.4 Å². The third-order valence-electron chi connectivity index (χ3n) is 3.01. The van der Waals surface area contributed by atoms with E-state index in [-0.39, 0.29) is 0 Å². The lowest BCUT2D eigenvalue weighted by Crippen LogP contribution is -2.21. The Hall–Kier alpha value is -1.64. The first kappa shape index (κ1) is 9.90. The molecule has 1 saturated carbocycles. The maximum Gasteiger partial charge on any atom is 0.314 e. The van der Waals surface area contributed by atoms with Gasteiger partial charge in [-0.15, -0.1) is 0 Å². The number of carboxylic acids is 1. The molecule has 0 unspecified atom stereocenters. The Labute approximate surface area is 87.7 Å². The summed E-state index contributed by atoms with van der Waals surface area (Å²) in [6.45, 7) is 1.89.